The molecule has 0 bridgehead atoms. The van der Waals surface area contributed by atoms with Crippen molar-refractivity contribution in [1.29, 1.82) is 0 Å². The molecule has 4 aromatic rings. The number of ether oxygens (including phenoxy) is 1. The molecule has 1 N–H and O–H groups in total. The van der Waals surface area contributed by atoms with Gasteiger partial charge in [-0.15, -0.1) is 0 Å². The molecule has 5 heteroatoms. The molecule has 0 saturated heterocycles. The summed E-state index contributed by atoms with van der Waals surface area (Å²) in [6.45, 7) is 6.14. The van der Waals surface area contributed by atoms with Gasteiger partial charge in [0, 0.05) is 0 Å². The van der Waals surface area contributed by atoms with Gasteiger partial charge >= 0.3 is 13.7 Å². The van der Waals surface area contributed by atoms with E-state index in [1.54, 1.807) is 0 Å². The van der Waals surface area contributed by atoms with Gasteiger partial charge in [0.25, 0.3) is 0 Å². The highest BCUT2D eigenvalue weighted by Crippen LogP contribution is 2.63. The first-order valence-electron chi connectivity index (χ1n) is 11.9. The van der Waals surface area contributed by atoms with Gasteiger partial charge in [0.2, 0.25) is 0 Å². The zero-order valence-corrected chi connectivity index (χ0v) is 21.0. The largest absolute Gasteiger partial charge is 0.444 e. The molecule has 0 atom stereocenters. The molecule has 0 fully saturated rings. The molecule has 0 aliphatic carbocycles. The number of carbonyl (C=O) groups excluding carboxylic acids is 1. The molecule has 5 rings (SSSR count). The summed E-state index contributed by atoms with van der Waals surface area (Å²) in [6, 6.07) is 26.2. The maximum atomic E-state index is 12.2. The molecule has 4 aromatic carbocycles. The smallest absolute Gasteiger partial charge is 0.407 e. The van der Waals surface area contributed by atoms with Gasteiger partial charge in [0.1, 0.15) is 5.60 Å². The Labute approximate surface area is 203 Å². The van der Waals surface area contributed by atoms with Crippen LogP contribution in [0.2, 0.25) is 0 Å². The van der Waals surface area contributed by atoms with Crippen LogP contribution in [0.25, 0.3) is 32.7 Å². The third-order valence-electron chi connectivity index (χ3n) is 6.48. The van der Waals surface area contributed by atoms with Crippen molar-refractivity contribution in [3.63, 3.8) is 0 Å². The van der Waals surface area contributed by atoms with E-state index in [4.69, 9.17) is 12.3 Å². The SMILES string of the molecule is [B][P+]1(CCNC(=O)OC(C)(C)C)Cc2ccc3ccccc3c2-c2c(ccc3ccccc23)C1. The van der Waals surface area contributed by atoms with Crippen LogP contribution in [-0.2, 0) is 17.1 Å². The van der Waals surface area contributed by atoms with Gasteiger partial charge in [0.05, 0.1) is 25.0 Å². The second kappa shape index (κ2) is 8.75. The Bertz CT molecular complexity index is 1310. The summed E-state index contributed by atoms with van der Waals surface area (Å²) in [4.78, 5) is 12.2. The number of nitrogens with one attached hydrogen (secondary N) is 1. The van der Waals surface area contributed by atoms with Crippen molar-refractivity contribution >= 4 is 42.3 Å². The van der Waals surface area contributed by atoms with E-state index in [9.17, 15) is 4.79 Å². The lowest BCUT2D eigenvalue weighted by molar-refractivity contribution is 0.0531. The predicted molar refractivity (Wildman–Crippen MR) is 146 cm³/mol. The lowest BCUT2D eigenvalue weighted by Crippen LogP contribution is -2.34. The van der Waals surface area contributed by atoms with Crippen LogP contribution in [0.1, 0.15) is 31.9 Å². The van der Waals surface area contributed by atoms with Crippen LogP contribution >= 0.6 is 7.14 Å². The minimum atomic E-state index is -1.91. The normalized spacial score (nSPS) is 14.8. The lowest BCUT2D eigenvalue weighted by atomic mass is 9.88. The van der Waals surface area contributed by atoms with E-state index in [1.807, 2.05) is 20.8 Å². The first kappa shape index (κ1) is 22.9. The fourth-order valence-electron chi connectivity index (χ4n) is 5.07. The molecule has 34 heavy (non-hydrogen) atoms. The van der Waals surface area contributed by atoms with Crippen molar-refractivity contribution in [2.24, 2.45) is 0 Å². The van der Waals surface area contributed by atoms with Crippen LogP contribution in [0.4, 0.5) is 4.79 Å². The van der Waals surface area contributed by atoms with E-state index < -0.39 is 12.7 Å². The average Bonchev–Trinajstić information content (AvgIpc) is 2.91. The number of carbonyl (C=O) groups is 1. The zero-order valence-electron chi connectivity index (χ0n) is 20.1. The van der Waals surface area contributed by atoms with Gasteiger partial charge in [0.15, 0.2) is 0 Å². The van der Waals surface area contributed by atoms with Crippen LogP contribution in [-0.4, -0.2) is 32.0 Å². The Balaban J connectivity index is 1.58. The molecule has 1 aliphatic heterocycles. The van der Waals surface area contributed by atoms with Gasteiger partial charge < -0.3 is 10.1 Å². The van der Waals surface area contributed by atoms with E-state index in [0.29, 0.717) is 6.54 Å². The van der Waals surface area contributed by atoms with Gasteiger partial charge in [-0.25, -0.2) is 4.79 Å². The molecule has 3 nitrogen and oxygen atoms in total. The first-order valence-corrected chi connectivity index (χ1v) is 14.3. The van der Waals surface area contributed by atoms with Crippen LogP contribution in [0.5, 0.6) is 0 Å². The molecule has 0 saturated carbocycles. The summed E-state index contributed by atoms with van der Waals surface area (Å²) < 4.78 is 5.42. The molecule has 0 aromatic heterocycles. The Kier molecular flexibility index (Phi) is 5.90. The summed E-state index contributed by atoms with van der Waals surface area (Å²) >= 11 is 0. The standard InChI is InChI=1S/C29H30BNO2P/c1-29(2,3)33-28(32)31-16-17-34(30)18-22-14-12-20-8-4-6-10-24(20)26(22)27-23(19-34)15-13-21-9-5-7-11-25(21)27/h4-15H,16-19H2,1-3H3,(H,31,32)/q+1. The molecule has 1 aliphatic rings. The Morgan fingerprint density at radius 1 is 0.853 bits per heavy atom. The first-order chi connectivity index (χ1) is 16.2. The number of benzene rings is 4. The van der Waals surface area contributed by atoms with Gasteiger partial charge in [-0.2, -0.15) is 0 Å². The molecule has 170 valence electrons. The fourth-order valence-corrected chi connectivity index (χ4v) is 7.94. The fraction of sp³-hybridized carbons (Fsp3) is 0.276. The van der Waals surface area contributed by atoms with E-state index in [0.717, 1.165) is 18.5 Å². The van der Waals surface area contributed by atoms with Gasteiger partial charge in [-0.3, -0.25) is 0 Å². The predicted octanol–water partition coefficient (Wildman–Crippen LogP) is 7.30. The number of amides is 1. The van der Waals surface area contributed by atoms with Crippen molar-refractivity contribution in [2.45, 2.75) is 38.7 Å². The maximum absolute atomic E-state index is 12.2. The Hall–Kier alpha value is -2.84. The highest BCUT2D eigenvalue weighted by atomic mass is 31.2. The summed E-state index contributed by atoms with van der Waals surface area (Å²) in [5.41, 5.74) is 4.74. The van der Waals surface area contributed by atoms with Crippen molar-refractivity contribution in [3.8, 4) is 11.1 Å². The number of fused-ring (bicyclic) bond motifs is 7. The zero-order chi connectivity index (χ0) is 23.9. The van der Waals surface area contributed by atoms with Crippen LogP contribution < -0.4 is 5.32 Å². The van der Waals surface area contributed by atoms with Crippen molar-refractivity contribution < 1.29 is 9.53 Å². The molecular formula is C29H30BNO2P+. The second-order valence-corrected chi connectivity index (χ2v) is 13.8. The molecule has 0 unspecified atom stereocenters. The van der Waals surface area contributed by atoms with Crippen molar-refractivity contribution in [3.05, 3.63) is 83.9 Å². The number of hydrogen-bond donors (Lipinski definition) is 1. The third-order valence-corrected chi connectivity index (χ3v) is 9.53. The van der Waals surface area contributed by atoms with E-state index in [-0.39, 0.29) is 6.09 Å². The lowest BCUT2D eigenvalue weighted by Gasteiger charge is -2.24. The molecule has 1 amide bonds. The summed E-state index contributed by atoms with van der Waals surface area (Å²) in [7, 11) is 5.30. The Morgan fingerprint density at radius 3 is 1.85 bits per heavy atom. The van der Waals surface area contributed by atoms with Crippen LogP contribution in [0.3, 0.4) is 0 Å². The van der Waals surface area contributed by atoms with E-state index in [1.165, 1.54) is 43.8 Å². The third kappa shape index (κ3) is 4.57. The summed E-state index contributed by atoms with van der Waals surface area (Å²) in [5, 5.41) is 7.97. The minimum absolute atomic E-state index is 0.383. The van der Waals surface area contributed by atoms with E-state index >= 15 is 0 Å². The van der Waals surface area contributed by atoms with Crippen LogP contribution in [0.15, 0.2) is 72.8 Å². The highest BCUT2D eigenvalue weighted by molar-refractivity contribution is 7.96. The molecule has 0 spiro atoms. The maximum Gasteiger partial charge on any atom is 0.407 e. The second-order valence-electron chi connectivity index (χ2n) is 10.3. The Morgan fingerprint density at radius 2 is 1.35 bits per heavy atom. The monoisotopic (exact) mass is 466 g/mol. The summed E-state index contributed by atoms with van der Waals surface area (Å²) in [5.74, 6) is 0. The minimum Gasteiger partial charge on any atom is -0.444 e. The number of hydrogen-bond acceptors (Lipinski definition) is 2. The topological polar surface area (TPSA) is 38.3 Å². The summed E-state index contributed by atoms with van der Waals surface area (Å²) in [6.07, 6.45) is 2.09. The van der Waals surface area contributed by atoms with Crippen molar-refractivity contribution in [1.82, 2.24) is 5.32 Å². The quantitative estimate of drug-likeness (QED) is 0.254. The highest BCUT2D eigenvalue weighted by Gasteiger charge is 2.37. The molecule has 1 heterocycles. The van der Waals surface area contributed by atoms with Crippen LogP contribution in [0, 0.1) is 0 Å². The molecular weight excluding hydrogens is 436 g/mol. The van der Waals surface area contributed by atoms with Gasteiger partial charge in [-0.05, 0) is 71.7 Å². The number of alkyl carbamates (subject to hydrolysis) is 1. The molecule has 2 radical (unpaired) electrons. The van der Waals surface area contributed by atoms with E-state index in [2.05, 4.69) is 78.1 Å². The van der Waals surface area contributed by atoms with Crippen molar-refractivity contribution in [2.75, 3.05) is 12.7 Å². The van der Waals surface area contributed by atoms with Gasteiger partial charge in [-0.1, -0.05) is 72.8 Å². The average molecular weight is 466 g/mol. The number of rotatable bonds is 3.